The zero-order valence-corrected chi connectivity index (χ0v) is 11.5. The Kier molecular flexibility index (Phi) is 6.22. The van der Waals surface area contributed by atoms with Crippen LogP contribution in [0.5, 0.6) is 5.75 Å². The topological polar surface area (TPSA) is 38.3 Å². The summed E-state index contributed by atoms with van der Waals surface area (Å²) in [6.07, 6.45) is 0.923. The molecule has 4 heteroatoms. The molecule has 2 unspecified atom stereocenters. The maximum absolute atomic E-state index is 12.0. The largest absolute Gasteiger partial charge is 0.497 e. The van der Waals surface area contributed by atoms with E-state index in [9.17, 15) is 4.21 Å². The summed E-state index contributed by atoms with van der Waals surface area (Å²) in [4.78, 5) is 0.870. The van der Waals surface area contributed by atoms with Crippen molar-refractivity contribution < 1.29 is 8.95 Å². The van der Waals surface area contributed by atoms with E-state index >= 15 is 0 Å². The molecule has 0 radical (unpaired) electrons. The normalized spacial score (nSPS) is 14.3. The van der Waals surface area contributed by atoms with Gasteiger partial charge in [-0.25, -0.2) is 0 Å². The van der Waals surface area contributed by atoms with Gasteiger partial charge in [0.1, 0.15) is 5.75 Å². The number of benzene rings is 1. The van der Waals surface area contributed by atoms with Crippen molar-refractivity contribution in [2.75, 3.05) is 19.4 Å². The number of nitrogens with one attached hydrogen (secondary N) is 1. The second-order valence-electron chi connectivity index (χ2n) is 3.97. The van der Waals surface area contributed by atoms with E-state index in [0.717, 1.165) is 23.6 Å². The van der Waals surface area contributed by atoms with Crippen LogP contribution in [0.1, 0.15) is 20.3 Å². The predicted molar refractivity (Wildman–Crippen MR) is 72.0 cm³/mol. The van der Waals surface area contributed by atoms with E-state index in [-0.39, 0.29) is 0 Å². The van der Waals surface area contributed by atoms with E-state index < -0.39 is 10.8 Å². The van der Waals surface area contributed by atoms with Gasteiger partial charge in [-0.15, -0.1) is 0 Å². The Balaban J connectivity index is 2.46. The van der Waals surface area contributed by atoms with Crippen LogP contribution in [-0.2, 0) is 10.8 Å². The van der Waals surface area contributed by atoms with Gasteiger partial charge in [0.25, 0.3) is 0 Å². The second-order valence-corrected chi connectivity index (χ2v) is 5.54. The van der Waals surface area contributed by atoms with E-state index in [1.165, 1.54) is 0 Å². The average molecular weight is 255 g/mol. The third kappa shape index (κ3) is 4.88. The van der Waals surface area contributed by atoms with Gasteiger partial charge >= 0.3 is 0 Å². The Labute approximate surface area is 106 Å². The lowest BCUT2D eigenvalue weighted by Crippen LogP contribution is -2.27. The summed E-state index contributed by atoms with van der Waals surface area (Å²) in [5.74, 6) is 1.49. The van der Waals surface area contributed by atoms with Gasteiger partial charge in [0, 0.05) is 16.7 Å². The van der Waals surface area contributed by atoms with Crippen LogP contribution in [0.3, 0.4) is 0 Å². The molecule has 0 spiro atoms. The molecule has 1 aromatic carbocycles. The van der Waals surface area contributed by atoms with Crippen molar-refractivity contribution in [2.45, 2.75) is 31.2 Å². The minimum atomic E-state index is -0.913. The van der Waals surface area contributed by atoms with Crippen LogP contribution in [-0.4, -0.2) is 29.7 Å². The van der Waals surface area contributed by atoms with Crippen LogP contribution in [0.4, 0.5) is 0 Å². The first kappa shape index (κ1) is 14.2. The fraction of sp³-hybridized carbons (Fsp3) is 0.538. The van der Waals surface area contributed by atoms with E-state index in [4.69, 9.17) is 4.74 Å². The molecule has 0 fully saturated rings. The van der Waals surface area contributed by atoms with Gasteiger partial charge in [0.05, 0.1) is 17.9 Å². The van der Waals surface area contributed by atoms with Gasteiger partial charge in [-0.3, -0.25) is 4.21 Å². The van der Waals surface area contributed by atoms with Gasteiger partial charge < -0.3 is 10.1 Å². The Morgan fingerprint density at radius 2 is 2.00 bits per heavy atom. The van der Waals surface area contributed by atoms with E-state index in [1.807, 2.05) is 24.3 Å². The average Bonchev–Trinajstić information content (AvgIpc) is 2.36. The van der Waals surface area contributed by atoms with Crippen molar-refractivity contribution in [2.24, 2.45) is 0 Å². The molecule has 0 saturated carbocycles. The number of methoxy groups -OCH3 is 1. The second kappa shape index (κ2) is 7.45. The highest BCUT2D eigenvalue weighted by molar-refractivity contribution is 7.85. The molecule has 2 atom stereocenters. The fourth-order valence-electron chi connectivity index (χ4n) is 1.58. The summed E-state index contributed by atoms with van der Waals surface area (Å²) in [6, 6.07) is 7.85. The summed E-state index contributed by atoms with van der Waals surface area (Å²) in [6.45, 7) is 5.15. The summed E-state index contributed by atoms with van der Waals surface area (Å²) in [7, 11) is 0.716. The Bertz CT molecular complexity index is 351. The van der Waals surface area contributed by atoms with E-state index in [1.54, 1.807) is 7.11 Å². The molecule has 1 N–H and O–H groups in total. The lowest BCUT2D eigenvalue weighted by Gasteiger charge is -2.11. The summed E-state index contributed by atoms with van der Waals surface area (Å²) in [5.41, 5.74) is 0. The quantitative estimate of drug-likeness (QED) is 0.811. The molecular weight excluding hydrogens is 234 g/mol. The zero-order chi connectivity index (χ0) is 12.7. The summed E-state index contributed by atoms with van der Waals surface area (Å²) in [5, 5.41) is 3.32. The minimum absolute atomic E-state index is 0.419. The van der Waals surface area contributed by atoms with Crippen LogP contribution in [0, 0.1) is 0 Å². The fourth-order valence-corrected chi connectivity index (χ4v) is 2.82. The highest BCUT2D eigenvalue weighted by Gasteiger charge is 2.07. The Hall–Kier alpha value is -0.870. The first-order valence-electron chi connectivity index (χ1n) is 5.93. The van der Waals surface area contributed by atoms with Crippen molar-refractivity contribution in [3.8, 4) is 5.75 Å². The van der Waals surface area contributed by atoms with E-state index in [2.05, 4.69) is 19.2 Å². The van der Waals surface area contributed by atoms with E-state index in [0.29, 0.717) is 11.8 Å². The Morgan fingerprint density at radius 1 is 1.35 bits per heavy atom. The molecule has 0 aromatic heterocycles. The minimum Gasteiger partial charge on any atom is -0.497 e. The highest BCUT2D eigenvalue weighted by atomic mass is 32.2. The monoisotopic (exact) mass is 255 g/mol. The maximum Gasteiger partial charge on any atom is 0.118 e. The standard InChI is InChI=1S/C13H21NO2S/c1-4-14-11(2)9-10-17(15)13-7-5-12(16-3)6-8-13/h5-8,11,14H,4,9-10H2,1-3H3. The van der Waals surface area contributed by atoms with Gasteiger partial charge in [0.2, 0.25) is 0 Å². The van der Waals surface area contributed by atoms with Crippen LogP contribution in [0.25, 0.3) is 0 Å². The first-order valence-corrected chi connectivity index (χ1v) is 7.25. The molecular formula is C13H21NO2S. The van der Waals surface area contributed by atoms with Crippen molar-refractivity contribution >= 4 is 10.8 Å². The van der Waals surface area contributed by atoms with Gasteiger partial charge in [-0.2, -0.15) is 0 Å². The summed E-state index contributed by atoms with van der Waals surface area (Å²) < 4.78 is 17.1. The molecule has 0 aliphatic rings. The van der Waals surface area contributed by atoms with Crippen molar-refractivity contribution in [1.29, 1.82) is 0 Å². The van der Waals surface area contributed by atoms with Gasteiger partial charge in [-0.1, -0.05) is 6.92 Å². The number of hydrogen-bond donors (Lipinski definition) is 1. The molecule has 1 rings (SSSR count). The Morgan fingerprint density at radius 3 is 2.53 bits per heavy atom. The molecule has 96 valence electrons. The summed E-state index contributed by atoms with van der Waals surface area (Å²) >= 11 is 0. The van der Waals surface area contributed by atoms with Crippen molar-refractivity contribution in [3.05, 3.63) is 24.3 Å². The third-order valence-electron chi connectivity index (χ3n) is 2.61. The zero-order valence-electron chi connectivity index (χ0n) is 10.7. The lowest BCUT2D eigenvalue weighted by molar-refractivity contribution is 0.414. The van der Waals surface area contributed by atoms with Crippen LogP contribution in [0.2, 0.25) is 0 Å². The SMILES string of the molecule is CCNC(C)CCS(=O)c1ccc(OC)cc1. The van der Waals surface area contributed by atoms with Crippen LogP contribution < -0.4 is 10.1 Å². The molecule has 0 amide bonds. The smallest absolute Gasteiger partial charge is 0.118 e. The lowest BCUT2D eigenvalue weighted by atomic mass is 10.3. The van der Waals surface area contributed by atoms with Crippen LogP contribution in [0.15, 0.2) is 29.2 Å². The van der Waals surface area contributed by atoms with Crippen LogP contribution >= 0.6 is 0 Å². The van der Waals surface area contributed by atoms with Gasteiger partial charge in [0.15, 0.2) is 0 Å². The molecule has 3 nitrogen and oxygen atoms in total. The predicted octanol–water partition coefficient (Wildman–Crippen LogP) is 2.19. The van der Waals surface area contributed by atoms with Gasteiger partial charge in [-0.05, 0) is 44.2 Å². The number of hydrogen-bond acceptors (Lipinski definition) is 3. The molecule has 1 aromatic rings. The molecule has 17 heavy (non-hydrogen) atoms. The third-order valence-corrected chi connectivity index (χ3v) is 4.02. The van der Waals surface area contributed by atoms with Crippen molar-refractivity contribution in [1.82, 2.24) is 5.32 Å². The molecule has 0 aliphatic carbocycles. The highest BCUT2D eigenvalue weighted by Crippen LogP contribution is 2.14. The molecule has 0 heterocycles. The molecule has 0 bridgehead atoms. The molecule has 0 aliphatic heterocycles. The number of ether oxygens (including phenoxy) is 1. The van der Waals surface area contributed by atoms with Crippen molar-refractivity contribution in [3.63, 3.8) is 0 Å². The number of rotatable bonds is 7. The molecule has 0 saturated heterocycles. The maximum atomic E-state index is 12.0. The first-order chi connectivity index (χ1) is 8.17.